The van der Waals surface area contributed by atoms with Crippen molar-refractivity contribution in [2.45, 2.75) is 12.8 Å². The molecule has 96 valence electrons. The minimum Gasteiger partial charge on any atom is -0.496 e. The molecule has 1 atom stereocenters. The van der Waals surface area contributed by atoms with Gasteiger partial charge in [-0.2, -0.15) is 0 Å². The second-order valence-electron chi connectivity index (χ2n) is 4.28. The van der Waals surface area contributed by atoms with E-state index in [-0.39, 0.29) is 5.92 Å². The molecule has 0 aliphatic heterocycles. The Morgan fingerprint density at radius 1 is 1.44 bits per heavy atom. The van der Waals surface area contributed by atoms with Crippen LogP contribution in [-0.4, -0.2) is 18.6 Å². The molecule has 0 fully saturated rings. The van der Waals surface area contributed by atoms with Crippen molar-refractivity contribution >= 4 is 11.6 Å². The molecule has 0 saturated heterocycles. The Morgan fingerprint density at radius 2 is 2.22 bits per heavy atom. The standard InChI is InChI=1S/C14H17ClN2O/c1-9-5-14(18-2)11(6-13(9)15)12(7-16)10-3-4-17-8-10/h3-6,8,12,17H,7,16H2,1-2H3. The van der Waals surface area contributed by atoms with Crippen molar-refractivity contribution in [1.29, 1.82) is 0 Å². The Kier molecular flexibility index (Phi) is 3.94. The van der Waals surface area contributed by atoms with E-state index in [1.165, 1.54) is 0 Å². The zero-order chi connectivity index (χ0) is 13.1. The summed E-state index contributed by atoms with van der Waals surface area (Å²) in [5.74, 6) is 0.915. The van der Waals surface area contributed by atoms with E-state index in [4.69, 9.17) is 22.1 Å². The van der Waals surface area contributed by atoms with Crippen LogP contribution in [0.15, 0.2) is 30.6 Å². The zero-order valence-electron chi connectivity index (χ0n) is 10.5. The number of halogens is 1. The van der Waals surface area contributed by atoms with Gasteiger partial charge in [-0.15, -0.1) is 0 Å². The molecular weight excluding hydrogens is 248 g/mol. The van der Waals surface area contributed by atoms with Crippen LogP contribution < -0.4 is 10.5 Å². The van der Waals surface area contributed by atoms with Gasteiger partial charge in [-0.25, -0.2) is 0 Å². The van der Waals surface area contributed by atoms with Gasteiger partial charge < -0.3 is 15.5 Å². The number of hydrogen-bond acceptors (Lipinski definition) is 2. The number of methoxy groups -OCH3 is 1. The third-order valence-corrected chi connectivity index (χ3v) is 3.55. The molecule has 0 saturated carbocycles. The molecule has 0 amide bonds. The molecule has 1 aromatic carbocycles. The predicted molar refractivity (Wildman–Crippen MR) is 74.4 cm³/mol. The Hall–Kier alpha value is -1.45. The molecule has 3 nitrogen and oxygen atoms in total. The highest BCUT2D eigenvalue weighted by molar-refractivity contribution is 6.31. The summed E-state index contributed by atoms with van der Waals surface area (Å²) in [6, 6.07) is 5.91. The third kappa shape index (κ3) is 2.37. The van der Waals surface area contributed by atoms with Crippen LogP contribution >= 0.6 is 11.6 Å². The fourth-order valence-corrected chi connectivity index (χ4v) is 2.29. The fraction of sp³-hybridized carbons (Fsp3) is 0.286. The first-order chi connectivity index (χ1) is 8.67. The minimum absolute atomic E-state index is 0.0873. The van der Waals surface area contributed by atoms with Crippen LogP contribution in [0.5, 0.6) is 5.75 Å². The molecule has 0 bridgehead atoms. The van der Waals surface area contributed by atoms with E-state index in [9.17, 15) is 0 Å². The fourth-order valence-electron chi connectivity index (χ4n) is 2.12. The first kappa shape index (κ1) is 13.0. The number of H-pyrrole nitrogens is 1. The maximum atomic E-state index is 6.20. The molecule has 0 spiro atoms. The van der Waals surface area contributed by atoms with Crippen molar-refractivity contribution < 1.29 is 4.74 Å². The Bertz CT molecular complexity index is 523. The molecule has 0 aliphatic rings. The van der Waals surface area contributed by atoms with E-state index < -0.39 is 0 Å². The van der Waals surface area contributed by atoms with E-state index in [1.807, 2.05) is 37.5 Å². The summed E-state index contributed by atoms with van der Waals surface area (Å²) in [5.41, 5.74) is 9.06. The molecule has 2 aromatic rings. The lowest BCUT2D eigenvalue weighted by atomic mass is 9.92. The van der Waals surface area contributed by atoms with E-state index in [2.05, 4.69) is 4.98 Å². The van der Waals surface area contributed by atoms with Gasteiger partial charge in [0.25, 0.3) is 0 Å². The quantitative estimate of drug-likeness (QED) is 0.892. The van der Waals surface area contributed by atoms with E-state index in [0.29, 0.717) is 6.54 Å². The zero-order valence-corrected chi connectivity index (χ0v) is 11.3. The van der Waals surface area contributed by atoms with Crippen molar-refractivity contribution in [3.05, 3.63) is 52.3 Å². The first-order valence-electron chi connectivity index (χ1n) is 5.84. The lowest BCUT2D eigenvalue weighted by Crippen LogP contribution is -2.14. The number of rotatable bonds is 4. The van der Waals surface area contributed by atoms with Crippen molar-refractivity contribution in [3.8, 4) is 5.75 Å². The second-order valence-corrected chi connectivity index (χ2v) is 4.68. The van der Waals surface area contributed by atoms with Gasteiger partial charge in [0.05, 0.1) is 7.11 Å². The van der Waals surface area contributed by atoms with Crippen LogP contribution in [0.1, 0.15) is 22.6 Å². The highest BCUT2D eigenvalue weighted by Crippen LogP contribution is 2.34. The van der Waals surface area contributed by atoms with Crippen molar-refractivity contribution in [2.75, 3.05) is 13.7 Å². The number of nitrogens with two attached hydrogens (primary N) is 1. The monoisotopic (exact) mass is 264 g/mol. The summed E-state index contributed by atoms with van der Waals surface area (Å²) in [4.78, 5) is 3.05. The Balaban J connectivity index is 2.51. The first-order valence-corrected chi connectivity index (χ1v) is 6.22. The topological polar surface area (TPSA) is 51.0 Å². The van der Waals surface area contributed by atoms with Gasteiger partial charge in [-0.1, -0.05) is 11.6 Å². The molecule has 0 radical (unpaired) electrons. The van der Waals surface area contributed by atoms with Crippen LogP contribution in [-0.2, 0) is 0 Å². The van der Waals surface area contributed by atoms with Gasteiger partial charge in [0.1, 0.15) is 5.75 Å². The summed E-state index contributed by atoms with van der Waals surface area (Å²) in [6.45, 7) is 2.47. The van der Waals surface area contributed by atoms with E-state index in [0.717, 1.165) is 27.5 Å². The molecule has 3 N–H and O–H groups in total. The summed E-state index contributed by atoms with van der Waals surface area (Å²) in [5, 5.41) is 0.736. The smallest absolute Gasteiger partial charge is 0.123 e. The molecule has 1 aromatic heterocycles. The maximum Gasteiger partial charge on any atom is 0.123 e. The van der Waals surface area contributed by atoms with Crippen LogP contribution in [0, 0.1) is 6.92 Å². The number of aromatic nitrogens is 1. The van der Waals surface area contributed by atoms with Crippen LogP contribution in [0.25, 0.3) is 0 Å². The van der Waals surface area contributed by atoms with Crippen LogP contribution in [0.2, 0.25) is 5.02 Å². The van der Waals surface area contributed by atoms with Crippen molar-refractivity contribution in [3.63, 3.8) is 0 Å². The second kappa shape index (κ2) is 5.46. The lowest BCUT2D eigenvalue weighted by Gasteiger charge is -2.18. The Morgan fingerprint density at radius 3 is 2.78 bits per heavy atom. The SMILES string of the molecule is COc1cc(C)c(Cl)cc1C(CN)c1cc[nH]c1. The van der Waals surface area contributed by atoms with Gasteiger partial charge >= 0.3 is 0 Å². The average molecular weight is 265 g/mol. The predicted octanol–water partition coefficient (Wildman–Crippen LogP) is 3.08. The molecule has 1 unspecified atom stereocenters. The number of benzene rings is 1. The lowest BCUT2D eigenvalue weighted by molar-refractivity contribution is 0.407. The summed E-state index contributed by atoms with van der Waals surface area (Å²) >= 11 is 6.20. The molecule has 1 heterocycles. The van der Waals surface area contributed by atoms with Gasteiger partial charge in [-0.3, -0.25) is 0 Å². The minimum atomic E-state index is 0.0873. The summed E-state index contributed by atoms with van der Waals surface area (Å²) < 4.78 is 5.44. The average Bonchev–Trinajstić information content (AvgIpc) is 2.88. The van der Waals surface area contributed by atoms with Gasteiger partial charge in [0.15, 0.2) is 0 Å². The molecule has 18 heavy (non-hydrogen) atoms. The maximum absolute atomic E-state index is 6.20. The molecule has 0 aliphatic carbocycles. The van der Waals surface area contributed by atoms with E-state index >= 15 is 0 Å². The summed E-state index contributed by atoms with van der Waals surface area (Å²) in [6.07, 6.45) is 3.84. The van der Waals surface area contributed by atoms with Crippen LogP contribution in [0.4, 0.5) is 0 Å². The number of hydrogen-bond donors (Lipinski definition) is 2. The van der Waals surface area contributed by atoms with Gasteiger partial charge in [-0.05, 0) is 36.2 Å². The van der Waals surface area contributed by atoms with Gasteiger partial charge in [0.2, 0.25) is 0 Å². The molecular formula is C14H17ClN2O. The molecule has 2 rings (SSSR count). The van der Waals surface area contributed by atoms with Crippen LogP contribution in [0.3, 0.4) is 0 Å². The van der Waals surface area contributed by atoms with Crippen molar-refractivity contribution in [1.82, 2.24) is 4.98 Å². The third-order valence-electron chi connectivity index (χ3n) is 3.15. The van der Waals surface area contributed by atoms with Gasteiger partial charge in [0, 0.05) is 35.4 Å². The number of aromatic amines is 1. The summed E-state index contributed by atoms with van der Waals surface area (Å²) in [7, 11) is 1.66. The largest absolute Gasteiger partial charge is 0.496 e. The normalized spacial score (nSPS) is 12.4. The van der Waals surface area contributed by atoms with Crippen molar-refractivity contribution in [2.24, 2.45) is 5.73 Å². The highest BCUT2D eigenvalue weighted by atomic mass is 35.5. The number of aryl methyl sites for hydroxylation is 1. The number of nitrogens with one attached hydrogen (secondary N) is 1. The highest BCUT2D eigenvalue weighted by Gasteiger charge is 2.18. The van der Waals surface area contributed by atoms with E-state index in [1.54, 1.807) is 7.11 Å². The number of ether oxygens (including phenoxy) is 1. The Labute approximate surface area is 112 Å². The molecule has 4 heteroatoms.